The Hall–Kier alpha value is -3.66. The minimum Gasteiger partial charge on any atom is -0.344 e. The Morgan fingerprint density at radius 1 is 0.793 bits per heavy atom. The zero-order valence-electron chi connectivity index (χ0n) is 16.3. The highest BCUT2D eigenvalue weighted by atomic mass is 16.2. The van der Waals surface area contributed by atoms with Gasteiger partial charge in [-0.15, -0.1) is 0 Å². The van der Waals surface area contributed by atoms with Crippen LogP contribution >= 0.6 is 0 Å². The minimum atomic E-state index is -0.223. The molecule has 0 saturated heterocycles. The molecule has 0 fully saturated rings. The molecular formula is C25H20N2O2. The molecule has 2 heterocycles. The van der Waals surface area contributed by atoms with Crippen molar-refractivity contribution in [3.63, 3.8) is 0 Å². The number of carbonyl (C=O) groups is 2. The number of nitrogens with zero attached hydrogens (tertiary/aromatic N) is 2. The van der Waals surface area contributed by atoms with Crippen molar-refractivity contribution in [2.45, 2.75) is 13.5 Å². The van der Waals surface area contributed by atoms with Gasteiger partial charge in [-0.3, -0.25) is 14.5 Å². The molecule has 0 unspecified atom stereocenters. The van der Waals surface area contributed by atoms with Gasteiger partial charge >= 0.3 is 0 Å². The van der Waals surface area contributed by atoms with Gasteiger partial charge in [-0.1, -0.05) is 48.0 Å². The van der Waals surface area contributed by atoms with Gasteiger partial charge in [0.2, 0.25) is 0 Å². The highest BCUT2D eigenvalue weighted by Crippen LogP contribution is 2.30. The topological polar surface area (TPSA) is 42.3 Å². The quantitative estimate of drug-likeness (QED) is 0.472. The first-order chi connectivity index (χ1) is 14.0. The molecule has 1 aliphatic heterocycles. The fourth-order valence-electron chi connectivity index (χ4n) is 4.06. The van der Waals surface area contributed by atoms with E-state index in [1.54, 1.807) is 24.3 Å². The Morgan fingerprint density at radius 3 is 2.10 bits per heavy atom. The Balaban J connectivity index is 1.49. The number of hydrogen-bond donors (Lipinski definition) is 0. The van der Waals surface area contributed by atoms with Crippen LogP contribution in [0.3, 0.4) is 0 Å². The van der Waals surface area contributed by atoms with E-state index in [1.165, 1.54) is 10.5 Å². The molecule has 0 bridgehead atoms. The number of hydrogen-bond acceptors (Lipinski definition) is 2. The first-order valence-electron chi connectivity index (χ1n) is 9.63. The average molecular weight is 380 g/mol. The van der Waals surface area contributed by atoms with Crippen LogP contribution in [0, 0.1) is 6.92 Å². The van der Waals surface area contributed by atoms with E-state index in [0.717, 1.165) is 27.7 Å². The van der Waals surface area contributed by atoms with Crippen LogP contribution in [0.1, 0.15) is 31.8 Å². The van der Waals surface area contributed by atoms with Crippen molar-refractivity contribution in [2.24, 2.45) is 7.05 Å². The van der Waals surface area contributed by atoms with Gasteiger partial charge in [-0.2, -0.15) is 0 Å². The average Bonchev–Trinajstić information content (AvgIpc) is 3.18. The standard InChI is InChI=1S/C25H20N2O2/c1-16-7-10-18(11-8-16)23-14-19-13-17(9-12-22(19)26(23)2)15-27-24(28)20-5-3-4-6-21(20)25(27)29/h3-14H,15H2,1-2H3. The van der Waals surface area contributed by atoms with Crippen molar-refractivity contribution < 1.29 is 9.59 Å². The maximum atomic E-state index is 12.6. The molecule has 0 spiro atoms. The number of aryl methyl sites for hydroxylation is 2. The molecule has 4 aromatic rings. The van der Waals surface area contributed by atoms with Gasteiger partial charge in [-0.05, 0) is 48.4 Å². The first-order valence-corrected chi connectivity index (χ1v) is 9.63. The number of carbonyl (C=O) groups excluding carboxylic acids is 2. The predicted molar refractivity (Wildman–Crippen MR) is 114 cm³/mol. The zero-order valence-corrected chi connectivity index (χ0v) is 16.3. The van der Waals surface area contributed by atoms with Gasteiger partial charge in [0.25, 0.3) is 11.8 Å². The molecule has 142 valence electrons. The van der Waals surface area contributed by atoms with E-state index in [2.05, 4.69) is 61.0 Å². The van der Waals surface area contributed by atoms with Gasteiger partial charge in [0.1, 0.15) is 0 Å². The smallest absolute Gasteiger partial charge is 0.261 e. The number of aromatic nitrogens is 1. The summed E-state index contributed by atoms with van der Waals surface area (Å²) in [5.41, 5.74) is 6.56. The molecule has 1 aromatic heterocycles. The summed E-state index contributed by atoms with van der Waals surface area (Å²) in [5.74, 6) is -0.446. The van der Waals surface area contributed by atoms with Crippen molar-refractivity contribution in [3.8, 4) is 11.3 Å². The van der Waals surface area contributed by atoms with Crippen LogP contribution in [0.15, 0.2) is 72.8 Å². The van der Waals surface area contributed by atoms with E-state index in [0.29, 0.717) is 11.1 Å². The lowest BCUT2D eigenvalue weighted by Crippen LogP contribution is -2.29. The summed E-state index contributed by atoms with van der Waals surface area (Å²) in [4.78, 5) is 26.6. The van der Waals surface area contributed by atoms with Gasteiger partial charge in [-0.25, -0.2) is 0 Å². The molecule has 0 N–H and O–H groups in total. The molecule has 29 heavy (non-hydrogen) atoms. The molecule has 0 saturated carbocycles. The largest absolute Gasteiger partial charge is 0.344 e. The number of amides is 2. The van der Waals surface area contributed by atoms with E-state index in [9.17, 15) is 9.59 Å². The van der Waals surface area contributed by atoms with Gasteiger partial charge in [0, 0.05) is 23.6 Å². The molecule has 3 aromatic carbocycles. The third-order valence-corrected chi connectivity index (χ3v) is 5.67. The van der Waals surface area contributed by atoms with Crippen LogP contribution in [0.5, 0.6) is 0 Å². The van der Waals surface area contributed by atoms with E-state index in [-0.39, 0.29) is 18.4 Å². The maximum Gasteiger partial charge on any atom is 0.261 e. The Morgan fingerprint density at radius 2 is 1.45 bits per heavy atom. The Bertz CT molecular complexity index is 1250. The summed E-state index contributed by atoms with van der Waals surface area (Å²) in [6.45, 7) is 2.35. The predicted octanol–water partition coefficient (Wildman–Crippen LogP) is 4.95. The highest BCUT2D eigenvalue weighted by molar-refractivity contribution is 6.21. The van der Waals surface area contributed by atoms with Gasteiger partial charge < -0.3 is 4.57 Å². The summed E-state index contributed by atoms with van der Waals surface area (Å²) in [7, 11) is 2.06. The zero-order chi connectivity index (χ0) is 20.1. The molecule has 2 amide bonds. The Kier molecular flexibility index (Phi) is 3.88. The van der Waals surface area contributed by atoms with Crippen molar-refractivity contribution in [1.82, 2.24) is 9.47 Å². The Labute approximate surface area is 169 Å². The lowest BCUT2D eigenvalue weighted by Gasteiger charge is -2.14. The van der Waals surface area contributed by atoms with E-state index in [4.69, 9.17) is 0 Å². The van der Waals surface area contributed by atoms with Crippen LogP contribution in [0.2, 0.25) is 0 Å². The van der Waals surface area contributed by atoms with E-state index in [1.807, 2.05) is 6.07 Å². The van der Waals surface area contributed by atoms with Crippen molar-refractivity contribution in [3.05, 3.63) is 95.1 Å². The van der Waals surface area contributed by atoms with Crippen LogP contribution < -0.4 is 0 Å². The van der Waals surface area contributed by atoms with Gasteiger partial charge in [0.15, 0.2) is 0 Å². The summed E-state index contributed by atoms with van der Waals surface area (Å²) >= 11 is 0. The lowest BCUT2D eigenvalue weighted by atomic mass is 10.1. The van der Waals surface area contributed by atoms with Crippen LogP contribution in [0.4, 0.5) is 0 Å². The van der Waals surface area contributed by atoms with Crippen LogP contribution in [-0.2, 0) is 13.6 Å². The molecule has 5 rings (SSSR count). The van der Waals surface area contributed by atoms with Crippen molar-refractivity contribution in [1.29, 1.82) is 0 Å². The molecule has 0 aliphatic carbocycles. The number of benzene rings is 3. The minimum absolute atomic E-state index is 0.223. The van der Waals surface area contributed by atoms with Crippen molar-refractivity contribution in [2.75, 3.05) is 0 Å². The normalized spacial score (nSPS) is 13.4. The fourth-order valence-corrected chi connectivity index (χ4v) is 4.06. The second-order valence-corrected chi connectivity index (χ2v) is 7.59. The summed E-state index contributed by atoms with van der Waals surface area (Å²) < 4.78 is 2.17. The first kappa shape index (κ1) is 17.4. The van der Waals surface area contributed by atoms with E-state index >= 15 is 0 Å². The fraction of sp³-hybridized carbons (Fsp3) is 0.120. The van der Waals surface area contributed by atoms with Gasteiger partial charge in [0.05, 0.1) is 17.7 Å². The maximum absolute atomic E-state index is 12.6. The summed E-state index contributed by atoms with van der Waals surface area (Å²) in [6.07, 6.45) is 0. The number of fused-ring (bicyclic) bond motifs is 2. The monoisotopic (exact) mass is 380 g/mol. The SMILES string of the molecule is Cc1ccc(-c2cc3cc(CN4C(=O)c5ccccc5C4=O)ccc3n2C)cc1. The number of rotatable bonds is 3. The molecule has 4 heteroatoms. The highest BCUT2D eigenvalue weighted by Gasteiger charge is 2.34. The van der Waals surface area contributed by atoms with Crippen LogP contribution in [0.25, 0.3) is 22.2 Å². The summed E-state index contributed by atoms with van der Waals surface area (Å²) in [5, 5.41) is 1.09. The molecular weight excluding hydrogens is 360 g/mol. The molecule has 4 nitrogen and oxygen atoms in total. The third kappa shape index (κ3) is 2.76. The number of imide groups is 1. The third-order valence-electron chi connectivity index (χ3n) is 5.67. The second-order valence-electron chi connectivity index (χ2n) is 7.59. The second kappa shape index (κ2) is 6.45. The lowest BCUT2D eigenvalue weighted by molar-refractivity contribution is 0.0642. The van der Waals surface area contributed by atoms with Crippen LogP contribution in [-0.4, -0.2) is 21.3 Å². The molecule has 0 radical (unpaired) electrons. The molecule has 0 atom stereocenters. The molecule has 1 aliphatic rings. The van der Waals surface area contributed by atoms with Crippen molar-refractivity contribution >= 4 is 22.7 Å². The summed E-state index contributed by atoms with van der Waals surface area (Å²) in [6, 6.07) is 23.8. The van der Waals surface area contributed by atoms with E-state index < -0.39 is 0 Å².